The molecule has 21 heavy (non-hydrogen) atoms. The highest BCUT2D eigenvalue weighted by Crippen LogP contribution is 2.43. The van der Waals surface area contributed by atoms with Crippen molar-refractivity contribution in [1.29, 1.82) is 0 Å². The fourth-order valence-electron chi connectivity index (χ4n) is 3.42. The molecule has 0 radical (unpaired) electrons. The molecule has 1 fully saturated rings. The molecule has 0 amide bonds. The molecule has 3 rings (SSSR count). The van der Waals surface area contributed by atoms with E-state index in [9.17, 15) is 8.42 Å². The molecular formula is C16H22N2O2S. The molecule has 2 aliphatic carbocycles. The molecule has 0 aromatic heterocycles. The Morgan fingerprint density at radius 3 is 2.67 bits per heavy atom. The fraction of sp³-hybridized carbons (Fsp3) is 0.500. The number of aryl methyl sites for hydroxylation is 1. The van der Waals surface area contributed by atoms with Gasteiger partial charge in [0.1, 0.15) is 0 Å². The molecule has 1 aromatic rings. The predicted octanol–water partition coefficient (Wildman–Crippen LogP) is 2.99. The molecule has 3 unspecified atom stereocenters. The van der Waals surface area contributed by atoms with Gasteiger partial charge in [0, 0.05) is 12.2 Å². The van der Waals surface area contributed by atoms with Gasteiger partial charge < -0.3 is 5.32 Å². The number of rotatable bonds is 5. The van der Waals surface area contributed by atoms with Crippen molar-refractivity contribution in [2.24, 2.45) is 17.8 Å². The molecule has 0 spiro atoms. The summed E-state index contributed by atoms with van der Waals surface area (Å²) in [7, 11) is -3.24. The van der Waals surface area contributed by atoms with Crippen molar-refractivity contribution < 1.29 is 8.42 Å². The van der Waals surface area contributed by atoms with Gasteiger partial charge in [0.2, 0.25) is 10.0 Å². The van der Waals surface area contributed by atoms with Crippen molar-refractivity contribution in [2.45, 2.75) is 19.8 Å². The molecule has 1 aromatic carbocycles. The molecule has 0 heterocycles. The zero-order chi connectivity index (χ0) is 15.0. The Bertz CT molecular complexity index is 667. The number of nitrogens with one attached hydrogen (secondary N) is 2. The SMILES string of the molecule is Cc1ccc(NCC2CC3C=CC2C3)cc1NS(C)(=O)=O. The van der Waals surface area contributed by atoms with E-state index in [0.29, 0.717) is 11.6 Å². The zero-order valence-corrected chi connectivity index (χ0v) is 13.3. The second-order valence-electron chi connectivity index (χ2n) is 6.33. The highest BCUT2D eigenvalue weighted by Gasteiger charge is 2.35. The first kappa shape index (κ1) is 14.4. The van der Waals surface area contributed by atoms with Gasteiger partial charge in [-0.2, -0.15) is 0 Å². The van der Waals surface area contributed by atoms with Gasteiger partial charge in [0.15, 0.2) is 0 Å². The average Bonchev–Trinajstić information content (AvgIpc) is 3.00. The lowest BCUT2D eigenvalue weighted by Crippen LogP contribution is -2.18. The van der Waals surface area contributed by atoms with Crippen molar-refractivity contribution in [3.05, 3.63) is 35.9 Å². The van der Waals surface area contributed by atoms with E-state index in [2.05, 4.69) is 22.2 Å². The molecule has 5 heteroatoms. The number of hydrogen-bond acceptors (Lipinski definition) is 3. The normalized spacial score (nSPS) is 27.0. The first-order valence-electron chi connectivity index (χ1n) is 7.41. The van der Waals surface area contributed by atoms with Crippen molar-refractivity contribution in [2.75, 3.05) is 22.8 Å². The van der Waals surface area contributed by atoms with Gasteiger partial charge in [-0.1, -0.05) is 18.2 Å². The number of benzene rings is 1. The smallest absolute Gasteiger partial charge is 0.229 e. The molecule has 114 valence electrons. The molecule has 4 nitrogen and oxygen atoms in total. The second kappa shape index (κ2) is 5.37. The Kier molecular flexibility index (Phi) is 3.69. The maximum Gasteiger partial charge on any atom is 0.229 e. The first-order valence-corrected chi connectivity index (χ1v) is 9.30. The average molecular weight is 306 g/mol. The lowest BCUT2D eigenvalue weighted by atomic mass is 9.93. The summed E-state index contributed by atoms with van der Waals surface area (Å²) in [5, 5.41) is 3.46. The Morgan fingerprint density at radius 2 is 2.05 bits per heavy atom. The van der Waals surface area contributed by atoms with Gasteiger partial charge in [-0.25, -0.2) is 8.42 Å². The summed E-state index contributed by atoms with van der Waals surface area (Å²) < 4.78 is 25.3. The van der Waals surface area contributed by atoms with Gasteiger partial charge in [0.25, 0.3) is 0 Å². The summed E-state index contributed by atoms with van der Waals surface area (Å²) in [4.78, 5) is 0. The summed E-state index contributed by atoms with van der Waals surface area (Å²) in [6.45, 7) is 2.85. The van der Waals surface area contributed by atoms with Crippen molar-refractivity contribution >= 4 is 21.4 Å². The molecule has 2 N–H and O–H groups in total. The zero-order valence-electron chi connectivity index (χ0n) is 12.5. The van der Waals surface area contributed by atoms with Crippen molar-refractivity contribution in [3.63, 3.8) is 0 Å². The molecular weight excluding hydrogens is 284 g/mol. The van der Waals surface area contributed by atoms with Gasteiger partial charge in [0.05, 0.1) is 11.9 Å². The molecule has 0 saturated heterocycles. The van der Waals surface area contributed by atoms with Crippen LogP contribution in [0.5, 0.6) is 0 Å². The van der Waals surface area contributed by atoms with E-state index in [0.717, 1.165) is 29.6 Å². The largest absolute Gasteiger partial charge is 0.385 e. The minimum atomic E-state index is -3.24. The molecule has 2 bridgehead atoms. The van der Waals surface area contributed by atoms with Crippen molar-refractivity contribution in [3.8, 4) is 0 Å². The van der Waals surface area contributed by atoms with Crippen LogP contribution in [-0.4, -0.2) is 21.2 Å². The van der Waals surface area contributed by atoms with E-state index in [4.69, 9.17) is 0 Å². The third-order valence-corrected chi connectivity index (χ3v) is 5.11. The minimum absolute atomic E-state index is 0.648. The van der Waals surface area contributed by atoms with Crippen LogP contribution in [0.25, 0.3) is 0 Å². The molecule has 0 aliphatic heterocycles. The van der Waals surface area contributed by atoms with Gasteiger partial charge in [-0.3, -0.25) is 4.72 Å². The van der Waals surface area contributed by atoms with Crippen LogP contribution in [0.1, 0.15) is 18.4 Å². The van der Waals surface area contributed by atoms with Crippen LogP contribution in [0, 0.1) is 24.7 Å². The Hall–Kier alpha value is -1.49. The highest BCUT2D eigenvalue weighted by molar-refractivity contribution is 7.92. The van der Waals surface area contributed by atoms with Gasteiger partial charge in [-0.05, 0) is 55.2 Å². The number of hydrogen-bond donors (Lipinski definition) is 2. The van der Waals surface area contributed by atoms with Gasteiger partial charge >= 0.3 is 0 Å². The van der Waals surface area contributed by atoms with E-state index in [-0.39, 0.29) is 0 Å². The van der Waals surface area contributed by atoms with Crippen LogP contribution >= 0.6 is 0 Å². The maximum atomic E-state index is 11.4. The van der Waals surface area contributed by atoms with E-state index in [1.165, 1.54) is 19.1 Å². The topological polar surface area (TPSA) is 58.2 Å². The van der Waals surface area contributed by atoms with E-state index >= 15 is 0 Å². The summed E-state index contributed by atoms with van der Waals surface area (Å²) in [5.74, 6) is 2.21. The monoisotopic (exact) mass is 306 g/mol. The first-order chi connectivity index (χ1) is 9.90. The van der Waals surface area contributed by atoms with Crippen LogP contribution in [0.15, 0.2) is 30.4 Å². The van der Waals surface area contributed by atoms with Crippen molar-refractivity contribution in [1.82, 2.24) is 0 Å². The summed E-state index contributed by atoms with van der Waals surface area (Å²) >= 11 is 0. The number of sulfonamides is 1. The molecule has 1 saturated carbocycles. The summed E-state index contributed by atoms with van der Waals surface area (Å²) in [5.41, 5.74) is 2.54. The van der Waals surface area contributed by atoms with E-state index in [1.807, 2.05) is 25.1 Å². The quantitative estimate of drug-likeness (QED) is 0.822. The summed E-state index contributed by atoms with van der Waals surface area (Å²) in [6, 6.07) is 5.82. The molecule has 2 aliphatic rings. The number of fused-ring (bicyclic) bond motifs is 2. The third kappa shape index (κ3) is 3.40. The van der Waals surface area contributed by atoms with Crippen LogP contribution in [0.3, 0.4) is 0 Å². The lowest BCUT2D eigenvalue weighted by Gasteiger charge is -2.20. The minimum Gasteiger partial charge on any atom is -0.385 e. The van der Waals surface area contributed by atoms with E-state index < -0.39 is 10.0 Å². The number of allylic oxidation sites excluding steroid dienone is 2. The summed E-state index contributed by atoms with van der Waals surface area (Å²) in [6.07, 6.45) is 8.46. The highest BCUT2D eigenvalue weighted by atomic mass is 32.2. The Balaban J connectivity index is 1.66. The van der Waals surface area contributed by atoms with Crippen LogP contribution in [0.2, 0.25) is 0 Å². The fourth-order valence-corrected chi connectivity index (χ4v) is 4.04. The second-order valence-corrected chi connectivity index (χ2v) is 8.07. The van der Waals surface area contributed by atoms with Crippen LogP contribution < -0.4 is 10.0 Å². The standard InChI is InChI=1S/C16H22N2O2S/c1-11-3-6-15(9-16(11)18-21(2,19)20)17-10-14-8-12-4-5-13(14)7-12/h3-6,9,12-14,17-18H,7-8,10H2,1-2H3. The third-order valence-electron chi connectivity index (χ3n) is 4.52. The van der Waals surface area contributed by atoms with Gasteiger partial charge in [-0.15, -0.1) is 0 Å². The Labute approximate surface area is 126 Å². The number of anilines is 2. The maximum absolute atomic E-state index is 11.4. The Morgan fingerprint density at radius 1 is 1.24 bits per heavy atom. The lowest BCUT2D eigenvalue weighted by molar-refractivity contribution is 0.472. The van der Waals surface area contributed by atoms with Crippen LogP contribution in [-0.2, 0) is 10.0 Å². The van der Waals surface area contributed by atoms with Crippen LogP contribution in [0.4, 0.5) is 11.4 Å². The molecule has 3 atom stereocenters. The predicted molar refractivity (Wildman–Crippen MR) is 87.0 cm³/mol. The van der Waals surface area contributed by atoms with E-state index in [1.54, 1.807) is 0 Å².